The lowest BCUT2D eigenvalue weighted by atomic mass is 9.96. The van der Waals surface area contributed by atoms with Crippen molar-refractivity contribution in [2.24, 2.45) is 5.92 Å². The minimum atomic E-state index is -0.384. The number of halogens is 1. The fourth-order valence-corrected chi connectivity index (χ4v) is 4.39. The van der Waals surface area contributed by atoms with Crippen LogP contribution in [0.25, 0.3) is 11.3 Å². The van der Waals surface area contributed by atoms with Crippen LogP contribution in [-0.4, -0.2) is 41.4 Å². The molecule has 0 saturated carbocycles. The van der Waals surface area contributed by atoms with E-state index in [4.69, 9.17) is 4.74 Å². The van der Waals surface area contributed by atoms with E-state index in [1.807, 2.05) is 24.3 Å². The van der Waals surface area contributed by atoms with E-state index in [0.717, 1.165) is 35.4 Å². The lowest BCUT2D eigenvalue weighted by molar-refractivity contribution is -0.121. The van der Waals surface area contributed by atoms with Gasteiger partial charge < -0.3 is 15.0 Å². The first kappa shape index (κ1) is 21.1. The summed E-state index contributed by atoms with van der Waals surface area (Å²) in [6.45, 7) is 1.60. The Kier molecular flexibility index (Phi) is 5.77. The summed E-state index contributed by atoms with van der Waals surface area (Å²) in [7, 11) is 0. The molecule has 1 unspecified atom stereocenters. The van der Waals surface area contributed by atoms with Crippen LogP contribution in [0.2, 0.25) is 0 Å². The molecule has 2 amide bonds. The van der Waals surface area contributed by atoms with Gasteiger partial charge in [0.05, 0.1) is 18.2 Å². The molecule has 0 radical (unpaired) electrons. The van der Waals surface area contributed by atoms with Crippen LogP contribution < -0.4 is 10.1 Å². The lowest BCUT2D eigenvalue weighted by Crippen LogP contribution is -2.43. The van der Waals surface area contributed by atoms with Gasteiger partial charge in [0.1, 0.15) is 17.4 Å². The number of nitrogens with one attached hydrogen (secondary N) is 1. The molecule has 0 bridgehead atoms. The number of pyridine rings is 1. The number of hydrogen-bond donors (Lipinski definition) is 1. The van der Waals surface area contributed by atoms with Crippen molar-refractivity contribution in [3.63, 3.8) is 0 Å². The monoisotopic (exact) mass is 445 g/mol. The van der Waals surface area contributed by atoms with Gasteiger partial charge in [0.25, 0.3) is 5.91 Å². The molecule has 0 spiro atoms. The van der Waals surface area contributed by atoms with Crippen molar-refractivity contribution in [2.45, 2.75) is 19.3 Å². The van der Waals surface area contributed by atoms with Crippen LogP contribution in [0.3, 0.4) is 0 Å². The van der Waals surface area contributed by atoms with Gasteiger partial charge in [0.15, 0.2) is 0 Å². The fraction of sp³-hybridized carbons (Fsp3) is 0.269. The molecule has 5 rings (SSSR count). The number of benzene rings is 2. The van der Waals surface area contributed by atoms with Crippen LogP contribution in [0.5, 0.6) is 5.75 Å². The molecule has 3 heterocycles. The molecule has 1 saturated heterocycles. The largest absolute Gasteiger partial charge is 0.493 e. The summed E-state index contributed by atoms with van der Waals surface area (Å²) in [5.74, 6) is 0.347. The molecule has 1 aromatic heterocycles. The van der Waals surface area contributed by atoms with Gasteiger partial charge in [0.2, 0.25) is 5.91 Å². The molecule has 1 atom stereocenters. The van der Waals surface area contributed by atoms with E-state index in [1.54, 1.807) is 11.0 Å². The number of piperidine rings is 1. The number of ether oxygens (including phenoxy) is 1. The van der Waals surface area contributed by atoms with Crippen LogP contribution in [0.1, 0.15) is 28.8 Å². The Morgan fingerprint density at radius 2 is 1.94 bits per heavy atom. The van der Waals surface area contributed by atoms with E-state index in [-0.39, 0.29) is 23.5 Å². The summed E-state index contributed by atoms with van der Waals surface area (Å²) < 4.78 is 18.7. The number of anilines is 1. The molecule has 0 aliphatic carbocycles. The number of hydrogen-bond acceptors (Lipinski definition) is 4. The van der Waals surface area contributed by atoms with Crippen LogP contribution in [-0.2, 0) is 11.2 Å². The highest BCUT2D eigenvalue weighted by Crippen LogP contribution is 2.30. The highest BCUT2D eigenvalue weighted by Gasteiger charge is 2.29. The van der Waals surface area contributed by atoms with Gasteiger partial charge in [-0.1, -0.05) is 6.07 Å². The van der Waals surface area contributed by atoms with Crippen molar-refractivity contribution < 1.29 is 18.7 Å². The highest BCUT2D eigenvalue weighted by atomic mass is 19.1. The lowest BCUT2D eigenvalue weighted by Gasteiger charge is -2.32. The number of carbonyl (C=O) groups excluding carboxylic acids is 2. The molecule has 1 N–H and O–H groups in total. The van der Waals surface area contributed by atoms with Crippen molar-refractivity contribution >= 4 is 17.6 Å². The number of amides is 2. The van der Waals surface area contributed by atoms with E-state index in [0.29, 0.717) is 37.5 Å². The summed E-state index contributed by atoms with van der Waals surface area (Å²) in [5.41, 5.74) is 3.34. The Morgan fingerprint density at radius 3 is 2.79 bits per heavy atom. The second kappa shape index (κ2) is 9.02. The molecule has 3 aromatic rings. The SMILES string of the molecule is O=C(Nc1cccc(-c2ccc3c(c2)CCO3)n1)C1CCCN(C(=O)c2ccc(F)cc2)C1. The topological polar surface area (TPSA) is 71.5 Å². The predicted octanol–water partition coefficient (Wildman–Crippen LogP) is 4.31. The van der Waals surface area contributed by atoms with Crippen molar-refractivity contribution in [1.82, 2.24) is 9.88 Å². The average Bonchev–Trinajstić information content (AvgIpc) is 3.32. The van der Waals surface area contributed by atoms with Crippen molar-refractivity contribution in [1.29, 1.82) is 0 Å². The summed E-state index contributed by atoms with van der Waals surface area (Å²) in [4.78, 5) is 32.0. The molecule has 33 heavy (non-hydrogen) atoms. The zero-order chi connectivity index (χ0) is 22.8. The third-order valence-electron chi connectivity index (χ3n) is 6.16. The third-order valence-corrected chi connectivity index (χ3v) is 6.16. The Labute approximate surface area is 191 Å². The Hall–Kier alpha value is -3.74. The van der Waals surface area contributed by atoms with E-state index in [9.17, 15) is 14.0 Å². The maximum Gasteiger partial charge on any atom is 0.253 e. The maximum absolute atomic E-state index is 13.2. The summed E-state index contributed by atoms with van der Waals surface area (Å²) in [5, 5.41) is 2.92. The quantitative estimate of drug-likeness (QED) is 0.650. The van der Waals surface area contributed by atoms with E-state index in [2.05, 4.69) is 16.4 Å². The Balaban J connectivity index is 1.26. The van der Waals surface area contributed by atoms with Crippen molar-refractivity contribution in [3.05, 3.63) is 77.6 Å². The van der Waals surface area contributed by atoms with Crippen LogP contribution in [0.4, 0.5) is 10.2 Å². The van der Waals surface area contributed by atoms with E-state index >= 15 is 0 Å². The first-order valence-corrected chi connectivity index (χ1v) is 11.2. The zero-order valence-electron chi connectivity index (χ0n) is 18.1. The molecular formula is C26H24FN3O3. The molecule has 7 heteroatoms. The van der Waals surface area contributed by atoms with Gasteiger partial charge in [-0.15, -0.1) is 0 Å². The molecule has 2 aliphatic rings. The van der Waals surface area contributed by atoms with Gasteiger partial charge >= 0.3 is 0 Å². The Bertz CT molecular complexity index is 1200. The number of nitrogens with zero attached hydrogens (tertiary/aromatic N) is 2. The smallest absolute Gasteiger partial charge is 0.253 e. The summed E-state index contributed by atoms with van der Waals surface area (Å²) >= 11 is 0. The standard InChI is InChI=1S/C26H24FN3O3/c27-21-9-6-17(7-10-21)26(32)30-13-2-3-20(16-30)25(31)29-24-5-1-4-22(28-24)18-8-11-23-19(15-18)12-14-33-23/h1,4-11,15,20H,2-3,12-14,16H2,(H,28,29,31). The number of likely N-dealkylation sites (tertiary alicyclic amines) is 1. The second-order valence-corrected chi connectivity index (χ2v) is 8.42. The van der Waals surface area contributed by atoms with Crippen LogP contribution in [0, 0.1) is 11.7 Å². The molecule has 2 aromatic carbocycles. The molecule has 2 aliphatic heterocycles. The van der Waals surface area contributed by atoms with Gasteiger partial charge in [-0.2, -0.15) is 0 Å². The molecular weight excluding hydrogens is 421 g/mol. The maximum atomic E-state index is 13.2. The third kappa shape index (κ3) is 4.58. The van der Waals surface area contributed by atoms with Crippen molar-refractivity contribution in [3.8, 4) is 17.0 Å². The average molecular weight is 445 g/mol. The number of aromatic nitrogens is 1. The Morgan fingerprint density at radius 1 is 1.09 bits per heavy atom. The van der Waals surface area contributed by atoms with E-state index in [1.165, 1.54) is 24.3 Å². The fourth-order valence-electron chi connectivity index (χ4n) is 4.39. The summed E-state index contributed by atoms with van der Waals surface area (Å²) in [6, 6.07) is 17.0. The minimum Gasteiger partial charge on any atom is -0.493 e. The zero-order valence-corrected chi connectivity index (χ0v) is 18.1. The molecule has 6 nitrogen and oxygen atoms in total. The first-order chi connectivity index (χ1) is 16.1. The summed E-state index contributed by atoms with van der Waals surface area (Å²) in [6.07, 6.45) is 2.31. The van der Waals surface area contributed by atoms with Crippen LogP contribution in [0.15, 0.2) is 60.7 Å². The van der Waals surface area contributed by atoms with Gasteiger partial charge in [-0.05, 0) is 73.0 Å². The van der Waals surface area contributed by atoms with Gasteiger partial charge in [0, 0.05) is 30.6 Å². The van der Waals surface area contributed by atoms with Gasteiger partial charge in [-0.25, -0.2) is 9.37 Å². The molecule has 1 fully saturated rings. The number of carbonyl (C=O) groups is 2. The second-order valence-electron chi connectivity index (χ2n) is 8.42. The normalized spacial score (nSPS) is 17.2. The number of rotatable bonds is 4. The molecule has 168 valence electrons. The van der Waals surface area contributed by atoms with Crippen LogP contribution >= 0.6 is 0 Å². The number of fused-ring (bicyclic) bond motifs is 1. The highest BCUT2D eigenvalue weighted by molar-refractivity contribution is 5.96. The van der Waals surface area contributed by atoms with Gasteiger partial charge in [-0.3, -0.25) is 9.59 Å². The predicted molar refractivity (Wildman–Crippen MR) is 123 cm³/mol. The first-order valence-electron chi connectivity index (χ1n) is 11.2. The minimum absolute atomic E-state index is 0.154. The van der Waals surface area contributed by atoms with E-state index < -0.39 is 0 Å². The van der Waals surface area contributed by atoms with Crippen molar-refractivity contribution in [2.75, 3.05) is 25.0 Å².